The van der Waals surface area contributed by atoms with E-state index in [2.05, 4.69) is 15.2 Å². The van der Waals surface area contributed by atoms with Crippen molar-refractivity contribution in [2.75, 3.05) is 0 Å². The van der Waals surface area contributed by atoms with Crippen molar-refractivity contribution >= 4 is 19.7 Å². The minimum Gasteiger partial charge on any atom is -0.292 e. The van der Waals surface area contributed by atoms with Crippen LogP contribution in [0.25, 0.3) is 11.5 Å². The molecule has 0 radical (unpaired) electrons. The van der Waals surface area contributed by atoms with Gasteiger partial charge in [0.25, 0.3) is 14.2 Å². The Labute approximate surface area is 114 Å². The average Bonchev–Trinajstić information content (AvgIpc) is 3.07. The number of nitrogens with zero attached hydrogens (tertiary/aromatic N) is 4. The molecule has 2 heterocycles. The summed E-state index contributed by atoms with van der Waals surface area (Å²) in [5, 5.41) is 7.48. The third kappa shape index (κ3) is 2.23. The standard InChI is InChI=1S/C11H11ClN4O2S/c1-7-3-2-6-13-9(7)10-14-15-11(19(12,17)18)16(10)8-4-5-8/h2-3,6,8H,4-5H2,1H3. The van der Waals surface area contributed by atoms with Gasteiger partial charge in [-0.3, -0.25) is 9.55 Å². The lowest BCUT2D eigenvalue weighted by Crippen LogP contribution is -2.07. The van der Waals surface area contributed by atoms with Crippen molar-refractivity contribution in [2.24, 2.45) is 0 Å². The molecule has 0 amide bonds. The Bertz CT molecular complexity index is 737. The first kappa shape index (κ1) is 12.6. The van der Waals surface area contributed by atoms with Crippen LogP contribution in [0.15, 0.2) is 23.5 Å². The lowest BCUT2D eigenvalue weighted by atomic mass is 10.2. The van der Waals surface area contributed by atoms with E-state index in [-0.39, 0.29) is 11.2 Å². The van der Waals surface area contributed by atoms with Gasteiger partial charge in [0, 0.05) is 22.9 Å². The molecule has 0 N–H and O–H groups in total. The van der Waals surface area contributed by atoms with E-state index in [1.54, 1.807) is 10.8 Å². The monoisotopic (exact) mass is 298 g/mol. The third-order valence-electron chi connectivity index (χ3n) is 3.02. The van der Waals surface area contributed by atoms with E-state index in [9.17, 15) is 8.42 Å². The van der Waals surface area contributed by atoms with E-state index in [0.717, 1.165) is 18.4 Å². The highest BCUT2D eigenvalue weighted by molar-refractivity contribution is 8.13. The number of pyridine rings is 1. The second kappa shape index (κ2) is 4.28. The van der Waals surface area contributed by atoms with E-state index in [0.29, 0.717) is 11.5 Å². The maximum Gasteiger partial charge on any atom is 0.296 e. The Morgan fingerprint density at radius 3 is 2.68 bits per heavy atom. The molecule has 2 aromatic rings. The van der Waals surface area contributed by atoms with Crippen LogP contribution in [0.2, 0.25) is 0 Å². The summed E-state index contributed by atoms with van der Waals surface area (Å²) in [6, 6.07) is 3.80. The summed E-state index contributed by atoms with van der Waals surface area (Å²) in [7, 11) is 1.50. The van der Waals surface area contributed by atoms with Crippen molar-refractivity contribution in [3.8, 4) is 11.5 Å². The minimum atomic E-state index is -3.90. The van der Waals surface area contributed by atoms with Crippen LogP contribution in [0, 0.1) is 6.92 Å². The number of aryl methyl sites for hydroxylation is 1. The van der Waals surface area contributed by atoms with Gasteiger partial charge >= 0.3 is 0 Å². The molecule has 0 aromatic carbocycles. The summed E-state index contributed by atoms with van der Waals surface area (Å²) >= 11 is 0. The van der Waals surface area contributed by atoms with E-state index in [1.807, 2.05) is 19.1 Å². The second-order valence-corrected chi connectivity index (χ2v) is 6.97. The van der Waals surface area contributed by atoms with Gasteiger partial charge in [0.15, 0.2) is 5.82 Å². The number of rotatable bonds is 3. The normalized spacial score (nSPS) is 15.7. The van der Waals surface area contributed by atoms with Gasteiger partial charge in [-0.15, -0.1) is 10.2 Å². The molecule has 100 valence electrons. The lowest BCUT2D eigenvalue weighted by molar-refractivity contribution is 0.579. The molecule has 8 heteroatoms. The molecular weight excluding hydrogens is 288 g/mol. The van der Waals surface area contributed by atoms with Crippen LogP contribution in [0.4, 0.5) is 0 Å². The van der Waals surface area contributed by atoms with Crippen LogP contribution < -0.4 is 0 Å². The van der Waals surface area contributed by atoms with Crippen LogP contribution in [-0.2, 0) is 9.05 Å². The Balaban J connectivity index is 2.24. The SMILES string of the molecule is Cc1cccnc1-c1nnc(S(=O)(=O)Cl)n1C1CC1. The summed E-state index contributed by atoms with van der Waals surface area (Å²) in [5.74, 6) is 0.458. The summed E-state index contributed by atoms with van der Waals surface area (Å²) in [6.07, 6.45) is 3.44. The molecular formula is C11H11ClN4O2S. The van der Waals surface area contributed by atoms with Crippen LogP contribution in [0.3, 0.4) is 0 Å². The fraction of sp³-hybridized carbons (Fsp3) is 0.364. The number of hydrogen-bond donors (Lipinski definition) is 0. The van der Waals surface area contributed by atoms with Crippen molar-refractivity contribution in [1.29, 1.82) is 0 Å². The zero-order chi connectivity index (χ0) is 13.6. The molecule has 19 heavy (non-hydrogen) atoms. The van der Waals surface area contributed by atoms with Gasteiger partial charge < -0.3 is 0 Å². The average molecular weight is 299 g/mol. The molecule has 2 aromatic heterocycles. The number of hydrogen-bond acceptors (Lipinski definition) is 5. The van der Waals surface area contributed by atoms with Crippen LogP contribution in [0.1, 0.15) is 24.4 Å². The molecule has 0 bridgehead atoms. The fourth-order valence-corrected chi connectivity index (χ4v) is 2.91. The summed E-state index contributed by atoms with van der Waals surface area (Å²) in [6.45, 7) is 1.89. The van der Waals surface area contributed by atoms with Crippen LogP contribution >= 0.6 is 10.7 Å². The molecule has 3 rings (SSSR count). The van der Waals surface area contributed by atoms with Gasteiger partial charge in [-0.25, -0.2) is 8.42 Å². The first-order valence-corrected chi connectivity index (χ1v) is 8.11. The Kier molecular flexibility index (Phi) is 2.83. The fourth-order valence-electron chi connectivity index (χ4n) is 1.99. The van der Waals surface area contributed by atoms with Crippen molar-refractivity contribution in [2.45, 2.75) is 31.0 Å². The molecule has 0 atom stereocenters. The van der Waals surface area contributed by atoms with Gasteiger partial charge in [-0.05, 0) is 31.4 Å². The van der Waals surface area contributed by atoms with E-state index < -0.39 is 9.05 Å². The molecule has 1 aliphatic rings. The highest BCUT2D eigenvalue weighted by Crippen LogP contribution is 2.40. The zero-order valence-corrected chi connectivity index (χ0v) is 11.7. The Morgan fingerprint density at radius 2 is 2.11 bits per heavy atom. The summed E-state index contributed by atoms with van der Waals surface area (Å²) < 4.78 is 24.7. The molecule has 1 aliphatic carbocycles. The highest BCUT2D eigenvalue weighted by Gasteiger charge is 2.34. The summed E-state index contributed by atoms with van der Waals surface area (Å²) in [4.78, 5) is 4.25. The van der Waals surface area contributed by atoms with E-state index in [1.165, 1.54) is 0 Å². The first-order chi connectivity index (χ1) is 8.98. The van der Waals surface area contributed by atoms with Crippen molar-refractivity contribution in [1.82, 2.24) is 19.7 Å². The molecule has 6 nitrogen and oxygen atoms in total. The molecule has 0 saturated heterocycles. The topological polar surface area (TPSA) is 77.7 Å². The van der Waals surface area contributed by atoms with Crippen molar-refractivity contribution in [3.63, 3.8) is 0 Å². The molecule has 0 unspecified atom stereocenters. The van der Waals surface area contributed by atoms with E-state index >= 15 is 0 Å². The Morgan fingerprint density at radius 1 is 1.37 bits per heavy atom. The molecule has 0 aliphatic heterocycles. The lowest BCUT2D eigenvalue weighted by Gasteiger charge is -2.08. The maximum atomic E-state index is 11.5. The maximum absolute atomic E-state index is 11.5. The predicted molar refractivity (Wildman–Crippen MR) is 69.3 cm³/mol. The van der Waals surface area contributed by atoms with E-state index in [4.69, 9.17) is 10.7 Å². The first-order valence-electron chi connectivity index (χ1n) is 5.80. The summed E-state index contributed by atoms with van der Waals surface area (Å²) in [5.41, 5.74) is 1.55. The van der Waals surface area contributed by atoms with Crippen molar-refractivity contribution in [3.05, 3.63) is 23.9 Å². The number of halogens is 1. The van der Waals surface area contributed by atoms with Gasteiger partial charge in [0.2, 0.25) is 0 Å². The third-order valence-corrected chi connectivity index (χ3v) is 4.14. The minimum absolute atomic E-state index is 0.0925. The smallest absolute Gasteiger partial charge is 0.292 e. The van der Waals surface area contributed by atoms with Crippen LogP contribution in [-0.4, -0.2) is 28.2 Å². The molecule has 1 fully saturated rings. The van der Waals surface area contributed by atoms with Gasteiger partial charge in [0.05, 0.1) is 0 Å². The van der Waals surface area contributed by atoms with Gasteiger partial charge in [-0.1, -0.05) is 6.07 Å². The highest BCUT2D eigenvalue weighted by atomic mass is 35.7. The number of aromatic nitrogens is 4. The second-order valence-electron chi connectivity index (χ2n) is 4.51. The Hall–Kier alpha value is -1.47. The quantitative estimate of drug-likeness (QED) is 0.809. The van der Waals surface area contributed by atoms with Gasteiger partial charge in [0.1, 0.15) is 5.69 Å². The predicted octanol–water partition coefficient (Wildman–Crippen LogP) is 1.91. The van der Waals surface area contributed by atoms with Crippen molar-refractivity contribution < 1.29 is 8.42 Å². The van der Waals surface area contributed by atoms with Gasteiger partial charge in [-0.2, -0.15) is 0 Å². The molecule has 0 spiro atoms. The zero-order valence-electron chi connectivity index (χ0n) is 10.1. The van der Waals surface area contributed by atoms with Crippen LogP contribution in [0.5, 0.6) is 0 Å². The molecule has 1 saturated carbocycles. The largest absolute Gasteiger partial charge is 0.296 e.